The summed E-state index contributed by atoms with van der Waals surface area (Å²) in [6.45, 7) is 3.39. The Hall–Kier alpha value is -2.00. The van der Waals surface area contributed by atoms with Crippen molar-refractivity contribution in [1.29, 1.82) is 0 Å². The van der Waals surface area contributed by atoms with Gasteiger partial charge in [-0.25, -0.2) is 0 Å². The maximum Gasteiger partial charge on any atom is 0.251 e. The van der Waals surface area contributed by atoms with Crippen molar-refractivity contribution in [3.63, 3.8) is 0 Å². The fraction of sp³-hybridized carbons (Fsp3) is 0.235. The summed E-state index contributed by atoms with van der Waals surface area (Å²) >= 11 is 5.96. The monoisotopic (exact) mass is 302 g/mol. The van der Waals surface area contributed by atoms with E-state index in [0.29, 0.717) is 18.7 Å². The van der Waals surface area contributed by atoms with E-state index in [-0.39, 0.29) is 5.91 Å². The van der Waals surface area contributed by atoms with Gasteiger partial charge in [-0.05, 0) is 42.3 Å². The molecule has 0 aliphatic heterocycles. The Morgan fingerprint density at radius 3 is 2.71 bits per heavy atom. The Kier molecular flexibility index (Phi) is 5.64. The van der Waals surface area contributed by atoms with Gasteiger partial charge in [-0.2, -0.15) is 0 Å². The average molecular weight is 303 g/mol. The quantitative estimate of drug-likeness (QED) is 0.844. The topological polar surface area (TPSA) is 41.1 Å². The van der Waals surface area contributed by atoms with Crippen molar-refractivity contribution >= 4 is 23.2 Å². The fourth-order valence-corrected chi connectivity index (χ4v) is 2.17. The van der Waals surface area contributed by atoms with Gasteiger partial charge in [0.1, 0.15) is 0 Å². The average Bonchev–Trinajstić information content (AvgIpc) is 2.51. The third-order valence-corrected chi connectivity index (χ3v) is 3.28. The van der Waals surface area contributed by atoms with Gasteiger partial charge < -0.3 is 10.6 Å². The van der Waals surface area contributed by atoms with Crippen molar-refractivity contribution in [2.75, 3.05) is 11.9 Å². The lowest BCUT2D eigenvalue weighted by atomic mass is 10.1. The zero-order valence-electron chi connectivity index (χ0n) is 12.0. The van der Waals surface area contributed by atoms with Crippen LogP contribution in [0.4, 0.5) is 5.69 Å². The third-order valence-electron chi connectivity index (χ3n) is 3.05. The van der Waals surface area contributed by atoms with Crippen LogP contribution in [0.25, 0.3) is 0 Å². The molecule has 0 radical (unpaired) electrons. The molecule has 110 valence electrons. The minimum Gasteiger partial charge on any atom is -0.381 e. The molecule has 0 saturated carbocycles. The molecule has 2 aromatic carbocycles. The molecule has 0 unspecified atom stereocenters. The normalized spacial score (nSPS) is 10.2. The minimum atomic E-state index is -0.0387. The summed E-state index contributed by atoms with van der Waals surface area (Å²) in [7, 11) is 0. The van der Waals surface area contributed by atoms with Crippen molar-refractivity contribution in [3.05, 3.63) is 64.7 Å². The summed E-state index contributed by atoms with van der Waals surface area (Å²) in [5.41, 5.74) is 2.68. The molecule has 3 nitrogen and oxygen atoms in total. The van der Waals surface area contributed by atoms with Gasteiger partial charge >= 0.3 is 0 Å². The van der Waals surface area contributed by atoms with Crippen LogP contribution in [0.3, 0.4) is 0 Å². The number of rotatable bonds is 6. The van der Waals surface area contributed by atoms with Crippen LogP contribution in [0, 0.1) is 0 Å². The number of amides is 1. The van der Waals surface area contributed by atoms with E-state index in [1.807, 2.05) is 55.5 Å². The predicted molar refractivity (Wildman–Crippen MR) is 87.8 cm³/mol. The first-order chi connectivity index (χ1) is 10.2. The molecule has 2 aromatic rings. The fourth-order valence-electron chi connectivity index (χ4n) is 1.96. The molecular weight excluding hydrogens is 284 g/mol. The lowest BCUT2D eigenvalue weighted by molar-refractivity contribution is 0.0953. The van der Waals surface area contributed by atoms with Crippen LogP contribution >= 0.6 is 11.6 Å². The van der Waals surface area contributed by atoms with Crippen molar-refractivity contribution in [2.45, 2.75) is 19.9 Å². The van der Waals surface area contributed by atoms with E-state index in [1.165, 1.54) is 0 Å². The predicted octanol–water partition coefficient (Wildman–Crippen LogP) is 4.09. The molecule has 4 heteroatoms. The van der Waals surface area contributed by atoms with Gasteiger partial charge in [0.15, 0.2) is 0 Å². The largest absolute Gasteiger partial charge is 0.381 e. The SMILES string of the molecule is CCCNC(=O)c1cccc(NCc2cccc(Cl)c2)c1. The zero-order chi connectivity index (χ0) is 15.1. The van der Waals surface area contributed by atoms with Crippen LogP contribution in [0.1, 0.15) is 29.3 Å². The van der Waals surface area contributed by atoms with Crippen LogP contribution in [0.5, 0.6) is 0 Å². The second-order valence-electron chi connectivity index (χ2n) is 4.82. The maximum absolute atomic E-state index is 11.9. The maximum atomic E-state index is 11.9. The summed E-state index contributed by atoms with van der Waals surface area (Å²) in [6.07, 6.45) is 0.929. The van der Waals surface area contributed by atoms with Gasteiger partial charge in [0.2, 0.25) is 0 Å². The minimum absolute atomic E-state index is 0.0387. The van der Waals surface area contributed by atoms with Crippen molar-refractivity contribution in [3.8, 4) is 0 Å². The third kappa shape index (κ3) is 4.80. The molecule has 2 N–H and O–H groups in total. The van der Waals surface area contributed by atoms with Gasteiger partial charge in [-0.1, -0.05) is 36.7 Å². The Morgan fingerprint density at radius 2 is 1.95 bits per heavy atom. The molecule has 21 heavy (non-hydrogen) atoms. The van der Waals surface area contributed by atoms with Gasteiger partial charge in [0, 0.05) is 29.4 Å². The van der Waals surface area contributed by atoms with Crippen molar-refractivity contribution < 1.29 is 4.79 Å². The highest BCUT2D eigenvalue weighted by Crippen LogP contribution is 2.14. The molecule has 0 fully saturated rings. The zero-order valence-corrected chi connectivity index (χ0v) is 12.8. The Morgan fingerprint density at radius 1 is 1.14 bits per heavy atom. The molecular formula is C17H19ClN2O. The molecule has 0 bridgehead atoms. The first-order valence-corrected chi connectivity index (χ1v) is 7.43. The summed E-state index contributed by atoms with van der Waals surface area (Å²) in [5.74, 6) is -0.0387. The van der Waals surface area contributed by atoms with E-state index >= 15 is 0 Å². The molecule has 2 rings (SSSR count). The standard InChI is InChI=1S/C17H19ClN2O/c1-2-9-19-17(21)14-6-4-8-16(11-14)20-12-13-5-3-7-15(18)10-13/h3-8,10-11,20H,2,9,12H2,1H3,(H,19,21). The van der Waals surface area contributed by atoms with Crippen LogP contribution in [-0.4, -0.2) is 12.5 Å². The molecule has 0 heterocycles. The van der Waals surface area contributed by atoms with E-state index in [4.69, 9.17) is 11.6 Å². The number of benzene rings is 2. The number of carbonyl (C=O) groups is 1. The van der Waals surface area contributed by atoms with E-state index in [0.717, 1.165) is 22.7 Å². The number of halogens is 1. The first kappa shape index (κ1) is 15.4. The van der Waals surface area contributed by atoms with Crippen LogP contribution in [-0.2, 0) is 6.54 Å². The van der Waals surface area contributed by atoms with Gasteiger partial charge in [-0.15, -0.1) is 0 Å². The van der Waals surface area contributed by atoms with Crippen molar-refractivity contribution in [1.82, 2.24) is 5.32 Å². The molecule has 0 saturated heterocycles. The molecule has 0 aromatic heterocycles. The number of hydrogen-bond donors (Lipinski definition) is 2. The van der Waals surface area contributed by atoms with E-state index in [2.05, 4.69) is 10.6 Å². The number of anilines is 1. The highest BCUT2D eigenvalue weighted by atomic mass is 35.5. The second kappa shape index (κ2) is 7.70. The molecule has 0 spiro atoms. The second-order valence-corrected chi connectivity index (χ2v) is 5.26. The highest BCUT2D eigenvalue weighted by molar-refractivity contribution is 6.30. The highest BCUT2D eigenvalue weighted by Gasteiger charge is 2.05. The van der Waals surface area contributed by atoms with E-state index < -0.39 is 0 Å². The van der Waals surface area contributed by atoms with Gasteiger partial charge in [-0.3, -0.25) is 4.79 Å². The Labute approximate surface area is 130 Å². The van der Waals surface area contributed by atoms with Crippen LogP contribution in [0.15, 0.2) is 48.5 Å². The molecule has 1 amide bonds. The number of nitrogens with one attached hydrogen (secondary N) is 2. The van der Waals surface area contributed by atoms with Gasteiger partial charge in [0.25, 0.3) is 5.91 Å². The lowest BCUT2D eigenvalue weighted by Crippen LogP contribution is -2.23. The van der Waals surface area contributed by atoms with Crippen LogP contribution < -0.4 is 10.6 Å². The smallest absolute Gasteiger partial charge is 0.251 e. The Balaban J connectivity index is 1.99. The number of carbonyl (C=O) groups excluding carboxylic acids is 1. The summed E-state index contributed by atoms with van der Waals surface area (Å²) in [4.78, 5) is 11.9. The summed E-state index contributed by atoms with van der Waals surface area (Å²) < 4.78 is 0. The first-order valence-electron chi connectivity index (χ1n) is 7.05. The van der Waals surface area contributed by atoms with Gasteiger partial charge in [0.05, 0.1) is 0 Å². The number of hydrogen-bond acceptors (Lipinski definition) is 2. The summed E-state index contributed by atoms with van der Waals surface area (Å²) in [5, 5.41) is 6.90. The molecule has 0 aliphatic carbocycles. The van der Waals surface area contributed by atoms with E-state index in [9.17, 15) is 4.79 Å². The van der Waals surface area contributed by atoms with Crippen molar-refractivity contribution in [2.24, 2.45) is 0 Å². The molecule has 0 aliphatic rings. The van der Waals surface area contributed by atoms with Crippen LogP contribution in [0.2, 0.25) is 5.02 Å². The lowest BCUT2D eigenvalue weighted by Gasteiger charge is -2.09. The van der Waals surface area contributed by atoms with E-state index in [1.54, 1.807) is 0 Å². The molecule has 0 atom stereocenters. The Bertz CT molecular complexity index is 613. The summed E-state index contributed by atoms with van der Waals surface area (Å²) in [6, 6.07) is 15.2.